The van der Waals surface area contributed by atoms with Gasteiger partial charge in [-0.3, -0.25) is 0 Å². The van der Waals surface area contributed by atoms with Gasteiger partial charge in [-0.2, -0.15) is 0 Å². The van der Waals surface area contributed by atoms with Gasteiger partial charge in [-0.05, 0) is 34.1 Å². The van der Waals surface area contributed by atoms with Crippen LogP contribution >= 0.6 is 15.9 Å². The van der Waals surface area contributed by atoms with Crippen molar-refractivity contribution in [3.8, 4) is 5.75 Å². The number of rotatable bonds is 5. The van der Waals surface area contributed by atoms with Crippen LogP contribution in [0, 0.1) is 0 Å². The molecule has 0 amide bonds. The minimum absolute atomic E-state index is 0.0811. The van der Waals surface area contributed by atoms with E-state index in [1.165, 1.54) is 7.11 Å². The minimum Gasteiger partial charge on any atom is -0.491 e. The Hall–Kier alpha value is -1.37. The molecule has 0 spiro atoms. The Bertz CT molecular complexity index is 573. The van der Waals surface area contributed by atoms with Crippen molar-refractivity contribution in [2.45, 2.75) is 6.10 Å². The molecule has 0 bridgehead atoms. The first-order valence-electron chi connectivity index (χ1n) is 5.76. The number of hydrogen-bond acceptors (Lipinski definition) is 5. The number of aliphatic hydroxyl groups excluding tert-OH is 1. The van der Waals surface area contributed by atoms with Gasteiger partial charge >= 0.3 is 0 Å². The van der Waals surface area contributed by atoms with Gasteiger partial charge in [-0.25, -0.2) is 4.98 Å². The number of nitrogen functional groups attached to an aromatic ring is 1. The van der Waals surface area contributed by atoms with E-state index < -0.39 is 0 Å². The average molecular weight is 327 g/mol. The van der Waals surface area contributed by atoms with E-state index in [2.05, 4.69) is 20.9 Å². The number of aliphatic hydroxyl groups is 1. The smallest absolute Gasteiger partial charge is 0.138 e. The molecule has 2 rings (SSSR count). The number of fused-ring (bicyclic) bond motifs is 1. The van der Waals surface area contributed by atoms with E-state index in [0.717, 1.165) is 15.4 Å². The SMILES string of the molecule is CO[C@@H](CO)COc1ccc2cc(Br)c(N)nc2c1. The number of aromatic nitrogens is 1. The fourth-order valence-corrected chi connectivity index (χ4v) is 1.95. The molecule has 0 unspecified atom stereocenters. The summed E-state index contributed by atoms with van der Waals surface area (Å²) in [5.41, 5.74) is 6.51. The van der Waals surface area contributed by atoms with E-state index in [9.17, 15) is 0 Å². The molecule has 6 heteroatoms. The fourth-order valence-electron chi connectivity index (χ4n) is 1.61. The highest BCUT2D eigenvalue weighted by Gasteiger charge is 2.07. The third kappa shape index (κ3) is 3.34. The molecule has 0 aliphatic heterocycles. The molecule has 2 aromatic rings. The van der Waals surface area contributed by atoms with Crippen LogP contribution in [0.5, 0.6) is 5.75 Å². The van der Waals surface area contributed by atoms with Crippen molar-refractivity contribution in [3.05, 3.63) is 28.7 Å². The third-order valence-electron chi connectivity index (χ3n) is 2.74. The Morgan fingerprint density at radius 1 is 1.42 bits per heavy atom. The van der Waals surface area contributed by atoms with E-state index >= 15 is 0 Å². The maximum Gasteiger partial charge on any atom is 0.138 e. The molecule has 0 fully saturated rings. The number of halogens is 1. The molecular weight excluding hydrogens is 312 g/mol. The quantitative estimate of drug-likeness (QED) is 0.878. The number of anilines is 1. The van der Waals surface area contributed by atoms with Crippen molar-refractivity contribution >= 4 is 32.7 Å². The molecule has 5 nitrogen and oxygen atoms in total. The van der Waals surface area contributed by atoms with Gasteiger partial charge in [0.2, 0.25) is 0 Å². The van der Waals surface area contributed by atoms with Gasteiger partial charge in [0.15, 0.2) is 0 Å². The second-order valence-corrected chi connectivity index (χ2v) is 4.92. The highest BCUT2D eigenvalue weighted by atomic mass is 79.9. The second kappa shape index (κ2) is 6.18. The lowest BCUT2D eigenvalue weighted by Crippen LogP contribution is -2.24. The van der Waals surface area contributed by atoms with Gasteiger partial charge in [0.05, 0.1) is 16.6 Å². The maximum absolute atomic E-state index is 9.00. The summed E-state index contributed by atoms with van der Waals surface area (Å²) >= 11 is 3.34. The van der Waals surface area contributed by atoms with Crippen molar-refractivity contribution in [3.63, 3.8) is 0 Å². The van der Waals surface area contributed by atoms with Crippen LogP contribution in [0.4, 0.5) is 5.82 Å². The number of ether oxygens (including phenoxy) is 2. The number of hydrogen-bond donors (Lipinski definition) is 2. The van der Waals surface area contributed by atoms with Crippen molar-refractivity contribution in [2.24, 2.45) is 0 Å². The number of methoxy groups -OCH3 is 1. The van der Waals surface area contributed by atoms with Gasteiger partial charge in [0.25, 0.3) is 0 Å². The van der Waals surface area contributed by atoms with Crippen LogP contribution < -0.4 is 10.5 Å². The summed E-state index contributed by atoms with van der Waals surface area (Å²) in [6.07, 6.45) is -0.335. The zero-order valence-electron chi connectivity index (χ0n) is 10.5. The summed E-state index contributed by atoms with van der Waals surface area (Å²) in [4.78, 5) is 4.27. The van der Waals surface area contributed by atoms with Gasteiger partial charge in [0.1, 0.15) is 24.3 Å². The van der Waals surface area contributed by atoms with E-state index in [1.54, 1.807) is 0 Å². The zero-order valence-corrected chi connectivity index (χ0v) is 12.1. The summed E-state index contributed by atoms with van der Waals surface area (Å²) in [5, 5.41) is 9.97. The number of nitrogens with two attached hydrogens (primary N) is 1. The lowest BCUT2D eigenvalue weighted by Gasteiger charge is -2.13. The highest BCUT2D eigenvalue weighted by Crippen LogP contribution is 2.26. The van der Waals surface area contributed by atoms with Crippen LogP contribution in [0.25, 0.3) is 10.9 Å². The summed E-state index contributed by atoms with van der Waals surface area (Å²) in [5.74, 6) is 1.10. The Morgan fingerprint density at radius 2 is 2.21 bits per heavy atom. The molecule has 1 atom stereocenters. The molecule has 0 saturated heterocycles. The number of benzene rings is 1. The Balaban J connectivity index is 2.19. The summed E-state index contributed by atoms with van der Waals surface area (Å²) in [7, 11) is 1.53. The van der Waals surface area contributed by atoms with Gasteiger partial charge in [-0.1, -0.05) is 0 Å². The molecule has 102 valence electrons. The molecule has 0 aliphatic carbocycles. The molecule has 19 heavy (non-hydrogen) atoms. The fraction of sp³-hybridized carbons (Fsp3) is 0.308. The van der Waals surface area contributed by atoms with Crippen LogP contribution in [0.1, 0.15) is 0 Å². The Labute approximate surface area is 119 Å². The van der Waals surface area contributed by atoms with Crippen LogP contribution in [0.15, 0.2) is 28.7 Å². The Morgan fingerprint density at radius 3 is 2.89 bits per heavy atom. The summed E-state index contributed by atoms with van der Waals surface area (Å²) in [6.45, 7) is 0.201. The highest BCUT2D eigenvalue weighted by molar-refractivity contribution is 9.10. The molecule has 0 radical (unpaired) electrons. The van der Waals surface area contributed by atoms with Gasteiger partial charge < -0.3 is 20.3 Å². The van der Waals surface area contributed by atoms with Crippen molar-refractivity contribution in [2.75, 3.05) is 26.1 Å². The Kier molecular flexibility index (Phi) is 4.57. The predicted molar refractivity (Wildman–Crippen MR) is 77.2 cm³/mol. The predicted octanol–water partition coefficient (Wildman–Crippen LogP) is 1.97. The standard InChI is InChI=1S/C13H15BrN2O3/c1-18-10(6-17)7-19-9-3-2-8-4-11(14)13(15)16-12(8)5-9/h2-5,10,17H,6-7H2,1H3,(H2,15,16)/t10-/m0/s1. The van der Waals surface area contributed by atoms with Crippen molar-refractivity contribution in [1.29, 1.82) is 0 Å². The normalized spacial score (nSPS) is 12.6. The van der Waals surface area contributed by atoms with E-state index in [1.807, 2.05) is 24.3 Å². The number of pyridine rings is 1. The molecule has 1 aromatic heterocycles. The first kappa shape index (κ1) is 14.0. The first-order chi connectivity index (χ1) is 9.13. The monoisotopic (exact) mass is 326 g/mol. The number of nitrogens with zero attached hydrogens (tertiary/aromatic N) is 1. The second-order valence-electron chi connectivity index (χ2n) is 4.06. The topological polar surface area (TPSA) is 77.6 Å². The average Bonchev–Trinajstić information content (AvgIpc) is 2.41. The molecule has 1 aromatic carbocycles. The van der Waals surface area contributed by atoms with E-state index in [-0.39, 0.29) is 19.3 Å². The van der Waals surface area contributed by atoms with Crippen molar-refractivity contribution in [1.82, 2.24) is 4.98 Å². The lowest BCUT2D eigenvalue weighted by atomic mass is 10.2. The van der Waals surface area contributed by atoms with Crippen molar-refractivity contribution < 1.29 is 14.6 Å². The molecule has 1 heterocycles. The van der Waals surface area contributed by atoms with Crippen LogP contribution in [0.2, 0.25) is 0 Å². The molecule has 0 saturated carbocycles. The molecular formula is C13H15BrN2O3. The lowest BCUT2D eigenvalue weighted by molar-refractivity contribution is 0.0164. The van der Waals surface area contributed by atoms with E-state index in [0.29, 0.717) is 11.6 Å². The van der Waals surface area contributed by atoms with Crippen LogP contribution in [0.3, 0.4) is 0 Å². The van der Waals surface area contributed by atoms with Crippen LogP contribution in [-0.2, 0) is 4.74 Å². The van der Waals surface area contributed by atoms with E-state index in [4.69, 9.17) is 20.3 Å². The van der Waals surface area contributed by atoms with Gasteiger partial charge in [0, 0.05) is 18.6 Å². The molecule has 0 aliphatic rings. The maximum atomic E-state index is 9.00. The summed E-state index contributed by atoms with van der Waals surface area (Å²) < 4.78 is 11.3. The first-order valence-corrected chi connectivity index (χ1v) is 6.55. The zero-order chi connectivity index (χ0) is 13.8. The largest absolute Gasteiger partial charge is 0.491 e. The summed E-state index contributed by atoms with van der Waals surface area (Å²) in [6, 6.07) is 7.47. The van der Waals surface area contributed by atoms with Crippen LogP contribution in [-0.4, -0.2) is 36.5 Å². The van der Waals surface area contributed by atoms with Gasteiger partial charge in [-0.15, -0.1) is 0 Å². The minimum atomic E-state index is -0.335. The third-order valence-corrected chi connectivity index (χ3v) is 3.38. The molecule has 3 N–H and O–H groups in total.